The van der Waals surface area contributed by atoms with Gasteiger partial charge < -0.3 is 9.47 Å². The summed E-state index contributed by atoms with van der Waals surface area (Å²) in [6.45, 7) is 8.55. The first-order valence-corrected chi connectivity index (χ1v) is 9.65. The predicted octanol–water partition coefficient (Wildman–Crippen LogP) is 3.13. The van der Waals surface area contributed by atoms with Crippen LogP contribution in [0.2, 0.25) is 0 Å². The van der Waals surface area contributed by atoms with Gasteiger partial charge in [-0.05, 0) is 51.0 Å². The van der Waals surface area contributed by atoms with Crippen molar-refractivity contribution in [2.45, 2.75) is 46.8 Å². The van der Waals surface area contributed by atoms with E-state index in [-0.39, 0.29) is 23.8 Å². The molecule has 0 radical (unpaired) electrons. The Morgan fingerprint density at radius 2 is 1.71 bits per heavy atom. The van der Waals surface area contributed by atoms with Crippen molar-refractivity contribution in [2.24, 2.45) is 0 Å². The fourth-order valence-corrected chi connectivity index (χ4v) is 3.24. The molecule has 0 bridgehead atoms. The molecule has 0 spiro atoms. The number of hydrogen-bond donors (Lipinski definition) is 0. The van der Waals surface area contributed by atoms with Crippen molar-refractivity contribution in [3.63, 3.8) is 0 Å². The van der Waals surface area contributed by atoms with Crippen molar-refractivity contribution in [3.8, 4) is 11.1 Å². The number of carbonyl (C=O) groups is 3. The van der Waals surface area contributed by atoms with Crippen LogP contribution < -0.4 is 0 Å². The summed E-state index contributed by atoms with van der Waals surface area (Å²) in [5, 5.41) is 4.99. The summed E-state index contributed by atoms with van der Waals surface area (Å²) in [6.07, 6.45) is 3.02. The molecule has 0 saturated carbocycles. The van der Waals surface area contributed by atoms with E-state index in [0.29, 0.717) is 16.5 Å². The second-order valence-corrected chi connectivity index (χ2v) is 8.13. The molecule has 0 aliphatic rings. The number of carbonyl (C=O) groups excluding carboxylic acids is 3. The molecule has 0 fully saturated rings. The van der Waals surface area contributed by atoms with E-state index in [2.05, 4.69) is 19.8 Å². The number of methoxy groups -OCH3 is 1. The van der Waals surface area contributed by atoms with Gasteiger partial charge in [0, 0.05) is 30.3 Å². The maximum Gasteiger partial charge on any atom is 0.376 e. The van der Waals surface area contributed by atoms with Crippen LogP contribution in [0.5, 0.6) is 0 Å². The van der Waals surface area contributed by atoms with Gasteiger partial charge in [0.25, 0.3) is 0 Å². The molecule has 9 heteroatoms. The minimum absolute atomic E-state index is 0.0429. The van der Waals surface area contributed by atoms with E-state index in [9.17, 15) is 14.4 Å². The number of benzene rings is 1. The normalized spacial score (nSPS) is 11.4. The van der Waals surface area contributed by atoms with Crippen molar-refractivity contribution >= 4 is 28.6 Å². The molecular weight excluding hydrogens is 400 g/mol. The third-order valence-corrected chi connectivity index (χ3v) is 4.42. The smallest absolute Gasteiger partial charge is 0.376 e. The number of ether oxygens (including phenoxy) is 2. The van der Waals surface area contributed by atoms with Crippen molar-refractivity contribution in [2.75, 3.05) is 7.11 Å². The number of esters is 2. The average molecular weight is 424 g/mol. The topological polar surface area (TPSA) is 113 Å². The number of nitrogens with zero attached hydrogens (tertiary/aromatic N) is 4. The van der Waals surface area contributed by atoms with Crippen LogP contribution in [0.1, 0.15) is 54.4 Å². The highest BCUT2D eigenvalue weighted by Crippen LogP contribution is 2.30. The number of aryl methyl sites for hydroxylation is 1. The van der Waals surface area contributed by atoms with Gasteiger partial charge in [0.1, 0.15) is 17.8 Å². The molecule has 3 aromatic rings. The number of rotatable bonds is 5. The van der Waals surface area contributed by atoms with Crippen molar-refractivity contribution < 1.29 is 23.9 Å². The molecule has 2 heterocycles. The molecule has 0 aliphatic carbocycles. The number of ketones is 1. The highest BCUT2D eigenvalue weighted by Gasteiger charge is 2.22. The highest BCUT2D eigenvalue weighted by atomic mass is 16.6. The first-order valence-electron chi connectivity index (χ1n) is 9.65. The van der Waals surface area contributed by atoms with Crippen LogP contribution in [-0.4, -0.2) is 50.2 Å². The fraction of sp³-hybridized carbons (Fsp3) is 0.364. The van der Waals surface area contributed by atoms with E-state index in [0.717, 1.165) is 11.1 Å². The van der Waals surface area contributed by atoms with Crippen molar-refractivity contribution in [1.29, 1.82) is 0 Å². The van der Waals surface area contributed by atoms with Gasteiger partial charge in [-0.25, -0.2) is 14.8 Å². The van der Waals surface area contributed by atoms with E-state index in [1.165, 1.54) is 31.1 Å². The fourth-order valence-electron chi connectivity index (χ4n) is 3.24. The standard InChI is InChI=1S/C22H24N4O5/c1-12-7-14(15-9-23-20(24-10-15)21(29)30-6)8-16-18(13(2)27)25-26(19(12)16)11-17(28)31-22(3,4)5/h7-10H,11H2,1-6H3. The van der Waals surface area contributed by atoms with Crippen LogP contribution >= 0.6 is 0 Å². The first kappa shape index (κ1) is 22.1. The van der Waals surface area contributed by atoms with Gasteiger partial charge in [-0.3, -0.25) is 14.3 Å². The Hall–Kier alpha value is -3.62. The summed E-state index contributed by atoms with van der Waals surface area (Å²) in [4.78, 5) is 44.2. The molecule has 1 aromatic carbocycles. The Bertz CT molecular complexity index is 1170. The Morgan fingerprint density at radius 3 is 2.26 bits per heavy atom. The lowest BCUT2D eigenvalue weighted by atomic mass is 10.0. The zero-order valence-corrected chi connectivity index (χ0v) is 18.3. The first-order chi connectivity index (χ1) is 14.5. The maximum absolute atomic E-state index is 12.3. The molecule has 0 N–H and O–H groups in total. The Kier molecular flexibility index (Phi) is 5.88. The highest BCUT2D eigenvalue weighted by molar-refractivity contribution is 6.06. The summed E-state index contributed by atoms with van der Waals surface area (Å²) >= 11 is 0. The van der Waals surface area contributed by atoms with Gasteiger partial charge in [0.05, 0.1) is 12.6 Å². The quantitative estimate of drug-likeness (QED) is 0.453. The third kappa shape index (κ3) is 4.76. The minimum atomic E-state index is -0.625. The summed E-state index contributed by atoms with van der Waals surface area (Å²) in [7, 11) is 1.26. The zero-order valence-electron chi connectivity index (χ0n) is 18.3. The molecule has 0 saturated heterocycles. The van der Waals surface area contributed by atoms with Crippen LogP contribution in [0.15, 0.2) is 24.5 Å². The molecule has 9 nitrogen and oxygen atoms in total. The number of Topliss-reactive ketones (excluding diaryl/α,β-unsaturated/α-hetero) is 1. The maximum atomic E-state index is 12.3. The molecule has 0 unspecified atom stereocenters. The molecule has 0 atom stereocenters. The van der Waals surface area contributed by atoms with Crippen LogP contribution in [0.4, 0.5) is 0 Å². The van der Waals surface area contributed by atoms with E-state index in [1.54, 1.807) is 26.8 Å². The molecule has 0 aliphatic heterocycles. The van der Waals surface area contributed by atoms with Crippen molar-refractivity contribution in [1.82, 2.24) is 19.7 Å². The lowest BCUT2D eigenvalue weighted by Crippen LogP contribution is -2.27. The summed E-state index contributed by atoms with van der Waals surface area (Å²) < 4.78 is 11.5. The van der Waals surface area contributed by atoms with Gasteiger partial charge in [-0.15, -0.1) is 0 Å². The number of fused-ring (bicyclic) bond motifs is 1. The van der Waals surface area contributed by atoms with E-state index >= 15 is 0 Å². The lowest BCUT2D eigenvalue weighted by molar-refractivity contribution is -0.155. The number of hydrogen-bond acceptors (Lipinski definition) is 8. The molecule has 31 heavy (non-hydrogen) atoms. The molecule has 0 amide bonds. The van der Waals surface area contributed by atoms with Gasteiger partial charge in [0.15, 0.2) is 5.78 Å². The molecule has 3 rings (SSSR count). The monoisotopic (exact) mass is 424 g/mol. The zero-order chi connectivity index (χ0) is 22.9. The van der Waals surface area contributed by atoms with Crippen LogP contribution in [0.25, 0.3) is 22.0 Å². The Balaban J connectivity index is 2.07. The molecular formula is C22H24N4O5. The van der Waals surface area contributed by atoms with Crippen LogP contribution in [-0.2, 0) is 20.8 Å². The van der Waals surface area contributed by atoms with Crippen LogP contribution in [0.3, 0.4) is 0 Å². The molecule has 2 aromatic heterocycles. The minimum Gasteiger partial charge on any atom is -0.463 e. The van der Waals surface area contributed by atoms with E-state index < -0.39 is 17.5 Å². The second kappa shape index (κ2) is 8.25. The van der Waals surface area contributed by atoms with Gasteiger partial charge >= 0.3 is 11.9 Å². The largest absolute Gasteiger partial charge is 0.463 e. The average Bonchev–Trinajstić information content (AvgIpc) is 3.05. The molecule has 162 valence electrons. The lowest BCUT2D eigenvalue weighted by Gasteiger charge is -2.19. The SMILES string of the molecule is COC(=O)c1ncc(-c2cc(C)c3c(c2)c(C(C)=O)nn3CC(=O)OC(C)(C)C)cn1. The van der Waals surface area contributed by atoms with Crippen LogP contribution in [0, 0.1) is 6.92 Å². The summed E-state index contributed by atoms with van der Waals surface area (Å²) in [5.41, 5.74) is 2.53. The van der Waals surface area contributed by atoms with E-state index in [1.807, 2.05) is 13.0 Å². The van der Waals surface area contributed by atoms with E-state index in [4.69, 9.17) is 4.74 Å². The third-order valence-electron chi connectivity index (χ3n) is 4.42. The summed E-state index contributed by atoms with van der Waals surface area (Å²) in [5.74, 6) is -1.33. The van der Waals surface area contributed by atoms with Crippen molar-refractivity contribution in [3.05, 3.63) is 41.6 Å². The van der Waals surface area contributed by atoms with Gasteiger partial charge in [0.2, 0.25) is 5.82 Å². The Morgan fingerprint density at radius 1 is 1.06 bits per heavy atom. The predicted molar refractivity (Wildman–Crippen MR) is 113 cm³/mol. The summed E-state index contributed by atoms with van der Waals surface area (Å²) in [6, 6.07) is 3.68. The second-order valence-electron chi connectivity index (χ2n) is 8.13. The number of aromatic nitrogens is 4. The van der Waals surface area contributed by atoms with Gasteiger partial charge in [-0.2, -0.15) is 5.10 Å². The Labute approximate surface area is 179 Å². The van der Waals surface area contributed by atoms with Gasteiger partial charge in [-0.1, -0.05) is 0 Å².